The average Bonchev–Trinajstić information content (AvgIpc) is 2.37. The second-order valence-corrected chi connectivity index (χ2v) is 6.04. The zero-order valence-corrected chi connectivity index (χ0v) is 11.7. The molecule has 1 saturated heterocycles. The van der Waals surface area contributed by atoms with Gasteiger partial charge in [-0.05, 0) is 45.7 Å². The van der Waals surface area contributed by atoms with Crippen LogP contribution in [-0.2, 0) is 4.79 Å². The summed E-state index contributed by atoms with van der Waals surface area (Å²) in [6.45, 7) is 1.66. The third kappa shape index (κ3) is 3.69. The number of hydrogen-bond acceptors (Lipinski definition) is 3. The molecule has 2 fully saturated rings. The highest BCUT2D eigenvalue weighted by molar-refractivity contribution is 5.81. The van der Waals surface area contributed by atoms with E-state index in [1.165, 1.54) is 32.1 Å². The second kappa shape index (κ2) is 6.53. The summed E-state index contributed by atoms with van der Waals surface area (Å²) in [5.74, 6) is 1.02. The lowest BCUT2D eigenvalue weighted by atomic mass is 9.77. The lowest BCUT2D eigenvalue weighted by molar-refractivity contribution is -0.124. The molecule has 4 heteroatoms. The van der Waals surface area contributed by atoms with E-state index in [1.807, 2.05) is 14.1 Å². The number of likely N-dealkylation sites (N-methyl/N-ethyl adjacent to an activating group) is 1. The van der Waals surface area contributed by atoms with Gasteiger partial charge in [0.2, 0.25) is 5.91 Å². The number of rotatable bonds is 4. The van der Waals surface area contributed by atoms with Crippen molar-refractivity contribution in [2.75, 3.05) is 27.2 Å². The van der Waals surface area contributed by atoms with Crippen LogP contribution in [0.25, 0.3) is 0 Å². The first-order valence-electron chi connectivity index (χ1n) is 7.35. The van der Waals surface area contributed by atoms with Crippen LogP contribution in [-0.4, -0.2) is 50.1 Å². The summed E-state index contributed by atoms with van der Waals surface area (Å²) in [6.07, 6.45) is 7.54. The van der Waals surface area contributed by atoms with E-state index in [9.17, 15) is 4.79 Å². The summed E-state index contributed by atoms with van der Waals surface area (Å²) in [4.78, 5) is 14.2. The van der Waals surface area contributed by atoms with Crippen LogP contribution >= 0.6 is 0 Å². The standard InChI is InChI=1S/C14H27N3O/c1-17(2)10-9-15-14(18)13-8-7-11-5-3-4-6-12(11)16-13/h11-13,16H,3-10H2,1-2H3,(H,15,18). The van der Waals surface area contributed by atoms with Gasteiger partial charge in [0.15, 0.2) is 0 Å². The number of piperidine rings is 1. The fourth-order valence-corrected chi connectivity index (χ4v) is 3.23. The lowest BCUT2D eigenvalue weighted by Crippen LogP contribution is -2.55. The van der Waals surface area contributed by atoms with Crippen molar-refractivity contribution in [2.24, 2.45) is 5.92 Å². The minimum absolute atomic E-state index is 0.0477. The first-order valence-corrected chi connectivity index (χ1v) is 7.35. The van der Waals surface area contributed by atoms with Gasteiger partial charge in [-0.25, -0.2) is 0 Å². The van der Waals surface area contributed by atoms with Crippen LogP contribution in [0, 0.1) is 5.92 Å². The molecule has 0 radical (unpaired) electrons. The molecule has 2 N–H and O–H groups in total. The third-order valence-corrected chi connectivity index (χ3v) is 4.33. The van der Waals surface area contributed by atoms with Crippen LogP contribution in [0.1, 0.15) is 38.5 Å². The third-order valence-electron chi connectivity index (χ3n) is 4.33. The van der Waals surface area contributed by atoms with Gasteiger partial charge in [-0.15, -0.1) is 0 Å². The van der Waals surface area contributed by atoms with Crippen molar-refractivity contribution >= 4 is 5.91 Å². The molecule has 1 amide bonds. The van der Waals surface area contributed by atoms with Gasteiger partial charge in [0, 0.05) is 19.1 Å². The summed E-state index contributed by atoms with van der Waals surface area (Å²) in [7, 11) is 4.05. The van der Waals surface area contributed by atoms with Crippen molar-refractivity contribution in [1.82, 2.24) is 15.5 Å². The van der Waals surface area contributed by atoms with E-state index in [0.29, 0.717) is 6.04 Å². The Hall–Kier alpha value is -0.610. The number of carbonyl (C=O) groups excluding carboxylic acids is 1. The first-order chi connectivity index (χ1) is 8.66. The van der Waals surface area contributed by atoms with Crippen molar-refractivity contribution in [1.29, 1.82) is 0 Å². The maximum absolute atomic E-state index is 12.1. The molecule has 3 atom stereocenters. The largest absolute Gasteiger partial charge is 0.353 e. The van der Waals surface area contributed by atoms with Crippen molar-refractivity contribution in [3.63, 3.8) is 0 Å². The Morgan fingerprint density at radius 3 is 2.78 bits per heavy atom. The number of nitrogens with one attached hydrogen (secondary N) is 2. The van der Waals surface area contributed by atoms with Crippen LogP contribution < -0.4 is 10.6 Å². The predicted octanol–water partition coefficient (Wildman–Crippen LogP) is 0.975. The fraction of sp³-hybridized carbons (Fsp3) is 0.929. The van der Waals surface area contributed by atoms with E-state index in [1.54, 1.807) is 0 Å². The van der Waals surface area contributed by atoms with Crippen molar-refractivity contribution in [3.8, 4) is 0 Å². The Morgan fingerprint density at radius 2 is 2.00 bits per heavy atom. The van der Waals surface area contributed by atoms with Gasteiger partial charge in [-0.2, -0.15) is 0 Å². The Morgan fingerprint density at radius 1 is 1.22 bits per heavy atom. The molecule has 1 aliphatic carbocycles. The van der Waals surface area contributed by atoms with Gasteiger partial charge in [0.25, 0.3) is 0 Å². The van der Waals surface area contributed by atoms with Gasteiger partial charge in [-0.1, -0.05) is 12.8 Å². The molecule has 0 aromatic carbocycles. The predicted molar refractivity (Wildman–Crippen MR) is 73.5 cm³/mol. The van der Waals surface area contributed by atoms with Crippen LogP contribution in [0.5, 0.6) is 0 Å². The Labute approximate surface area is 110 Å². The van der Waals surface area contributed by atoms with E-state index in [4.69, 9.17) is 0 Å². The molecule has 2 aliphatic rings. The number of carbonyl (C=O) groups is 1. The summed E-state index contributed by atoms with van der Waals surface area (Å²) in [5, 5.41) is 6.60. The number of fused-ring (bicyclic) bond motifs is 1. The fourth-order valence-electron chi connectivity index (χ4n) is 3.23. The molecule has 2 rings (SSSR count). The summed E-state index contributed by atoms with van der Waals surface area (Å²) in [6, 6.07) is 0.642. The number of amides is 1. The number of hydrogen-bond donors (Lipinski definition) is 2. The highest BCUT2D eigenvalue weighted by Gasteiger charge is 2.34. The first kappa shape index (κ1) is 13.8. The Balaban J connectivity index is 1.74. The molecule has 0 bridgehead atoms. The molecule has 0 spiro atoms. The highest BCUT2D eigenvalue weighted by atomic mass is 16.2. The van der Waals surface area contributed by atoms with Gasteiger partial charge in [0.05, 0.1) is 6.04 Å². The molecule has 104 valence electrons. The van der Waals surface area contributed by atoms with Crippen LogP contribution in [0.2, 0.25) is 0 Å². The van der Waals surface area contributed by atoms with E-state index in [2.05, 4.69) is 15.5 Å². The minimum Gasteiger partial charge on any atom is -0.353 e. The Bertz CT molecular complexity index is 280. The molecule has 1 saturated carbocycles. The molecule has 1 aliphatic heterocycles. The zero-order valence-electron chi connectivity index (χ0n) is 11.7. The van der Waals surface area contributed by atoms with Crippen molar-refractivity contribution in [3.05, 3.63) is 0 Å². The molecular formula is C14H27N3O. The average molecular weight is 253 g/mol. The highest BCUT2D eigenvalue weighted by Crippen LogP contribution is 2.32. The molecule has 3 unspecified atom stereocenters. The molecule has 4 nitrogen and oxygen atoms in total. The molecular weight excluding hydrogens is 226 g/mol. The van der Waals surface area contributed by atoms with E-state index in [-0.39, 0.29) is 11.9 Å². The SMILES string of the molecule is CN(C)CCNC(=O)C1CCC2CCCCC2N1. The molecule has 0 aromatic rings. The minimum atomic E-state index is 0.0477. The lowest BCUT2D eigenvalue weighted by Gasteiger charge is -2.39. The maximum Gasteiger partial charge on any atom is 0.237 e. The molecule has 18 heavy (non-hydrogen) atoms. The normalized spacial score (nSPS) is 32.1. The van der Waals surface area contributed by atoms with Gasteiger partial charge >= 0.3 is 0 Å². The van der Waals surface area contributed by atoms with Gasteiger partial charge in [0.1, 0.15) is 0 Å². The molecule has 1 heterocycles. The summed E-state index contributed by atoms with van der Waals surface area (Å²) < 4.78 is 0. The van der Waals surface area contributed by atoms with Crippen LogP contribution in [0.15, 0.2) is 0 Å². The maximum atomic E-state index is 12.1. The number of nitrogens with zero attached hydrogens (tertiary/aromatic N) is 1. The quantitative estimate of drug-likeness (QED) is 0.785. The van der Waals surface area contributed by atoms with Crippen molar-refractivity contribution < 1.29 is 4.79 Å². The van der Waals surface area contributed by atoms with E-state index >= 15 is 0 Å². The Kier molecular flexibility index (Phi) is 5.01. The van der Waals surface area contributed by atoms with Gasteiger partial charge in [-0.3, -0.25) is 4.79 Å². The van der Waals surface area contributed by atoms with Crippen LogP contribution in [0.3, 0.4) is 0 Å². The van der Waals surface area contributed by atoms with Crippen molar-refractivity contribution in [2.45, 2.75) is 50.6 Å². The topological polar surface area (TPSA) is 44.4 Å². The summed E-state index contributed by atoms with van der Waals surface area (Å²) >= 11 is 0. The monoisotopic (exact) mass is 253 g/mol. The second-order valence-electron chi connectivity index (χ2n) is 6.04. The van der Waals surface area contributed by atoms with E-state index in [0.717, 1.165) is 25.4 Å². The van der Waals surface area contributed by atoms with E-state index < -0.39 is 0 Å². The zero-order chi connectivity index (χ0) is 13.0. The van der Waals surface area contributed by atoms with Gasteiger partial charge < -0.3 is 15.5 Å². The summed E-state index contributed by atoms with van der Waals surface area (Å²) in [5.41, 5.74) is 0. The molecule has 0 aromatic heterocycles. The smallest absolute Gasteiger partial charge is 0.237 e. The van der Waals surface area contributed by atoms with Crippen LogP contribution in [0.4, 0.5) is 0 Å².